The molecule has 2 bridgehead atoms. The molecule has 0 spiro atoms. The van der Waals surface area contributed by atoms with Gasteiger partial charge in [0.15, 0.2) is 0 Å². The number of hydrogen-bond donors (Lipinski definition) is 0. The Morgan fingerprint density at radius 2 is 2.10 bits per heavy atom. The van der Waals surface area contributed by atoms with Crippen LogP contribution in [0.5, 0.6) is 0 Å². The van der Waals surface area contributed by atoms with E-state index in [4.69, 9.17) is 9.47 Å². The standard InChI is InChI=1S/C15H23NO4/c1-3-16(4-2)5-6-19-14(17)12-9-7-10-11(8-9)20-15(18)13(10)12/h9-13H,3-8H2,1-2H3/t9-,10+,11-,12-,13+/m1/s1. The predicted octanol–water partition coefficient (Wildman–Crippen LogP) is 1.07. The summed E-state index contributed by atoms with van der Waals surface area (Å²) in [6, 6.07) is 0. The molecule has 2 aliphatic carbocycles. The first-order valence-electron chi connectivity index (χ1n) is 7.75. The van der Waals surface area contributed by atoms with E-state index in [1.165, 1.54) is 0 Å². The molecule has 112 valence electrons. The number of hydrogen-bond acceptors (Lipinski definition) is 5. The van der Waals surface area contributed by atoms with Crippen molar-refractivity contribution in [3.05, 3.63) is 0 Å². The number of rotatable bonds is 6. The lowest BCUT2D eigenvalue weighted by Gasteiger charge is -2.23. The lowest BCUT2D eigenvalue weighted by atomic mass is 9.80. The van der Waals surface area contributed by atoms with Crippen LogP contribution in [-0.2, 0) is 19.1 Å². The van der Waals surface area contributed by atoms with E-state index in [1.807, 2.05) is 0 Å². The van der Waals surface area contributed by atoms with Crippen LogP contribution in [-0.4, -0.2) is 49.2 Å². The van der Waals surface area contributed by atoms with Gasteiger partial charge < -0.3 is 14.4 Å². The first kappa shape index (κ1) is 13.9. The van der Waals surface area contributed by atoms with Crippen LogP contribution in [0.15, 0.2) is 0 Å². The molecule has 1 heterocycles. The van der Waals surface area contributed by atoms with Gasteiger partial charge in [0.1, 0.15) is 12.7 Å². The molecular formula is C15H23NO4. The monoisotopic (exact) mass is 281 g/mol. The number of fused-ring (bicyclic) bond motifs is 1. The van der Waals surface area contributed by atoms with Crippen LogP contribution in [0, 0.1) is 23.7 Å². The van der Waals surface area contributed by atoms with Gasteiger partial charge in [0, 0.05) is 12.5 Å². The summed E-state index contributed by atoms with van der Waals surface area (Å²) >= 11 is 0. The molecule has 20 heavy (non-hydrogen) atoms. The summed E-state index contributed by atoms with van der Waals surface area (Å²) < 4.78 is 10.8. The van der Waals surface area contributed by atoms with Crippen molar-refractivity contribution in [2.75, 3.05) is 26.2 Å². The quantitative estimate of drug-likeness (QED) is 0.682. The van der Waals surface area contributed by atoms with Gasteiger partial charge in [0.05, 0.1) is 11.8 Å². The van der Waals surface area contributed by atoms with Gasteiger partial charge in [-0.2, -0.15) is 0 Å². The van der Waals surface area contributed by atoms with Crippen LogP contribution >= 0.6 is 0 Å². The number of esters is 2. The fourth-order valence-corrected chi connectivity index (χ4v) is 4.24. The van der Waals surface area contributed by atoms with Crippen LogP contribution in [0.2, 0.25) is 0 Å². The molecule has 5 atom stereocenters. The summed E-state index contributed by atoms with van der Waals surface area (Å²) in [5, 5.41) is 0. The largest absolute Gasteiger partial charge is 0.464 e. The van der Waals surface area contributed by atoms with Crippen LogP contribution in [0.4, 0.5) is 0 Å². The minimum Gasteiger partial charge on any atom is -0.464 e. The molecule has 0 radical (unpaired) electrons. The van der Waals surface area contributed by atoms with E-state index < -0.39 is 0 Å². The van der Waals surface area contributed by atoms with Gasteiger partial charge in [0.25, 0.3) is 0 Å². The Morgan fingerprint density at radius 1 is 1.35 bits per heavy atom. The summed E-state index contributed by atoms with van der Waals surface area (Å²) in [6.45, 7) is 7.28. The van der Waals surface area contributed by atoms with Crippen LogP contribution < -0.4 is 0 Å². The van der Waals surface area contributed by atoms with Crippen LogP contribution in [0.3, 0.4) is 0 Å². The topological polar surface area (TPSA) is 55.8 Å². The van der Waals surface area contributed by atoms with E-state index >= 15 is 0 Å². The molecule has 1 aliphatic heterocycles. The highest BCUT2D eigenvalue weighted by Crippen LogP contribution is 2.57. The molecule has 3 aliphatic rings. The second kappa shape index (κ2) is 5.35. The average Bonchev–Trinajstić information content (AvgIpc) is 3.04. The van der Waals surface area contributed by atoms with Crippen molar-refractivity contribution in [3.63, 3.8) is 0 Å². The molecule has 0 aromatic rings. The van der Waals surface area contributed by atoms with Crippen molar-refractivity contribution in [3.8, 4) is 0 Å². The zero-order valence-corrected chi connectivity index (χ0v) is 12.2. The van der Waals surface area contributed by atoms with Crippen LogP contribution in [0.1, 0.15) is 26.7 Å². The van der Waals surface area contributed by atoms with Crippen molar-refractivity contribution in [2.45, 2.75) is 32.8 Å². The Kier molecular flexibility index (Phi) is 3.71. The number of carbonyl (C=O) groups is 2. The molecule has 5 nitrogen and oxygen atoms in total. The van der Waals surface area contributed by atoms with Crippen molar-refractivity contribution in [1.82, 2.24) is 4.90 Å². The molecule has 5 heteroatoms. The summed E-state index contributed by atoms with van der Waals surface area (Å²) in [5.41, 5.74) is 0. The zero-order valence-electron chi connectivity index (χ0n) is 12.2. The van der Waals surface area contributed by atoms with E-state index in [0.29, 0.717) is 12.5 Å². The summed E-state index contributed by atoms with van der Waals surface area (Å²) in [4.78, 5) is 26.3. The molecule has 3 rings (SSSR count). The SMILES string of the molecule is CCN(CC)CCOC(=O)[C@@H]1[C@@H]2C[C@@H]3[C@@H]1C(=O)O[C@@H]3C2. The third kappa shape index (κ3) is 2.12. The minimum atomic E-state index is -0.247. The molecule has 1 saturated heterocycles. The van der Waals surface area contributed by atoms with Crippen LogP contribution in [0.25, 0.3) is 0 Å². The van der Waals surface area contributed by atoms with Gasteiger partial charge >= 0.3 is 11.9 Å². The third-order valence-corrected chi connectivity index (χ3v) is 5.30. The summed E-state index contributed by atoms with van der Waals surface area (Å²) in [5.74, 6) is -0.268. The molecule has 0 amide bonds. The minimum absolute atomic E-state index is 0.0808. The van der Waals surface area contributed by atoms with Gasteiger partial charge in [-0.25, -0.2) is 0 Å². The zero-order chi connectivity index (χ0) is 14.3. The lowest BCUT2D eigenvalue weighted by Crippen LogP contribution is -2.35. The maximum absolute atomic E-state index is 12.3. The van der Waals surface area contributed by atoms with Crippen molar-refractivity contribution < 1.29 is 19.1 Å². The second-order valence-electron chi connectivity index (χ2n) is 6.12. The third-order valence-electron chi connectivity index (χ3n) is 5.30. The van der Waals surface area contributed by atoms with E-state index in [0.717, 1.165) is 32.5 Å². The highest BCUT2D eigenvalue weighted by atomic mass is 16.6. The number of likely N-dealkylation sites (N-methyl/N-ethyl adjacent to an activating group) is 1. The maximum Gasteiger partial charge on any atom is 0.310 e. The van der Waals surface area contributed by atoms with E-state index in [9.17, 15) is 9.59 Å². The van der Waals surface area contributed by atoms with Gasteiger partial charge in [-0.3, -0.25) is 9.59 Å². The Bertz CT molecular complexity index is 405. The lowest BCUT2D eigenvalue weighted by molar-refractivity contribution is -0.156. The maximum atomic E-state index is 12.3. The van der Waals surface area contributed by atoms with E-state index in [-0.39, 0.29) is 35.8 Å². The smallest absolute Gasteiger partial charge is 0.310 e. The van der Waals surface area contributed by atoms with Gasteiger partial charge in [-0.1, -0.05) is 13.8 Å². The number of nitrogens with zero attached hydrogens (tertiary/aromatic N) is 1. The molecule has 0 N–H and O–H groups in total. The van der Waals surface area contributed by atoms with Crippen molar-refractivity contribution in [1.29, 1.82) is 0 Å². The number of ether oxygens (including phenoxy) is 2. The number of carbonyl (C=O) groups excluding carboxylic acids is 2. The average molecular weight is 281 g/mol. The Hall–Kier alpha value is -1.10. The molecule has 0 unspecified atom stereocenters. The fourth-order valence-electron chi connectivity index (χ4n) is 4.24. The van der Waals surface area contributed by atoms with E-state index in [2.05, 4.69) is 18.7 Å². The second-order valence-corrected chi connectivity index (χ2v) is 6.12. The molecule has 2 saturated carbocycles. The summed E-state index contributed by atoms with van der Waals surface area (Å²) in [7, 11) is 0. The Balaban J connectivity index is 1.55. The summed E-state index contributed by atoms with van der Waals surface area (Å²) in [6.07, 6.45) is 1.89. The highest BCUT2D eigenvalue weighted by Gasteiger charge is 2.64. The van der Waals surface area contributed by atoms with Crippen molar-refractivity contribution in [2.24, 2.45) is 23.7 Å². The van der Waals surface area contributed by atoms with Gasteiger partial charge in [-0.15, -0.1) is 0 Å². The Morgan fingerprint density at radius 3 is 2.80 bits per heavy atom. The first-order valence-corrected chi connectivity index (χ1v) is 7.75. The molecular weight excluding hydrogens is 258 g/mol. The normalized spacial score (nSPS) is 37.5. The van der Waals surface area contributed by atoms with Gasteiger partial charge in [-0.05, 0) is 31.8 Å². The molecule has 3 fully saturated rings. The van der Waals surface area contributed by atoms with E-state index in [1.54, 1.807) is 0 Å². The first-order chi connectivity index (χ1) is 9.65. The predicted molar refractivity (Wildman–Crippen MR) is 71.8 cm³/mol. The van der Waals surface area contributed by atoms with Crippen molar-refractivity contribution >= 4 is 11.9 Å². The fraction of sp³-hybridized carbons (Fsp3) is 0.867. The highest BCUT2D eigenvalue weighted by molar-refractivity contribution is 5.85. The Labute approximate surface area is 119 Å². The molecule has 0 aromatic heterocycles. The molecule has 0 aromatic carbocycles. The van der Waals surface area contributed by atoms with Gasteiger partial charge in [0.2, 0.25) is 0 Å².